The monoisotopic (exact) mass is 472 g/mol. The van der Waals surface area contributed by atoms with Crippen molar-refractivity contribution in [3.05, 3.63) is 0 Å². The van der Waals surface area contributed by atoms with Crippen LogP contribution in [-0.4, -0.2) is 23.5 Å². The molecule has 0 bridgehead atoms. The fraction of sp³-hybridized carbons (Fsp3) is 1.00. The van der Waals surface area contributed by atoms with Crippen LogP contribution in [0, 0.1) is 0 Å². The first kappa shape index (κ1) is 33.7. The van der Waals surface area contributed by atoms with Gasteiger partial charge in [0.25, 0.3) is 0 Å². The minimum Gasteiger partial charge on any atom is -0.746 e. The van der Waals surface area contributed by atoms with Crippen molar-refractivity contribution in [2.45, 2.75) is 154 Å². The number of hydrogen-bond donors (Lipinski definition) is 1. The number of aliphatic hydroxyl groups excluding tert-OH is 1. The minimum absolute atomic E-state index is 0. The van der Waals surface area contributed by atoms with E-state index in [-0.39, 0.29) is 57.8 Å². The molecule has 6 heteroatoms. The molecule has 0 fully saturated rings. The average Bonchev–Trinajstić information content (AvgIpc) is 2.68. The normalized spacial score (nSPS) is 12.6. The van der Waals surface area contributed by atoms with E-state index >= 15 is 0 Å². The van der Waals surface area contributed by atoms with Crippen LogP contribution in [0.25, 0.3) is 0 Å². The summed E-state index contributed by atoms with van der Waals surface area (Å²) in [7, 11) is -4.52. The first-order valence-corrected chi connectivity index (χ1v) is 14.1. The predicted octanol–water partition coefficient (Wildman–Crippen LogP) is 4.46. The molecule has 0 aliphatic carbocycles. The Balaban J connectivity index is 0. The maximum absolute atomic E-state index is 10.6. The topological polar surface area (TPSA) is 77.4 Å². The molecule has 4 nitrogen and oxygen atoms in total. The van der Waals surface area contributed by atoms with E-state index in [1.54, 1.807) is 0 Å². The molecule has 1 atom stereocenters. The molecule has 0 heterocycles. The minimum atomic E-state index is -4.52. The SMILES string of the molecule is CCCCCCCCCCCCCCCCCCCCCCCC(O)S(=O)(=O)[O-].[K+]. The average molecular weight is 473 g/mol. The van der Waals surface area contributed by atoms with Crippen LogP contribution in [-0.2, 0) is 10.1 Å². The largest absolute Gasteiger partial charge is 1.00 e. The van der Waals surface area contributed by atoms with Gasteiger partial charge in [0.2, 0.25) is 0 Å². The fourth-order valence-corrected chi connectivity index (χ4v) is 4.35. The van der Waals surface area contributed by atoms with Crippen molar-refractivity contribution < 1.29 is 69.5 Å². The molecule has 0 rings (SSSR count). The van der Waals surface area contributed by atoms with Gasteiger partial charge in [0.1, 0.15) is 15.6 Å². The van der Waals surface area contributed by atoms with Crippen LogP contribution in [0.4, 0.5) is 0 Å². The Morgan fingerprint density at radius 1 is 0.567 bits per heavy atom. The van der Waals surface area contributed by atoms with Crippen molar-refractivity contribution in [1.29, 1.82) is 0 Å². The van der Waals surface area contributed by atoms with Gasteiger partial charge < -0.3 is 9.66 Å². The van der Waals surface area contributed by atoms with E-state index in [1.165, 1.54) is 116 Å². The van der Waals surface area contributed by atoms with Gasteiger partial charge in [-0.1, -0.05) is 135 Å². The zero-order valence-electron chi connectivity index (χ0n) is 20.2. The summed E-state index contributed by atoms with van der Waals surface area (Å²) in [4.78, 5) is 0. The van der Waals surface area contributed by atoms with E-state index in [2.05, 4.69) is 6.92 Å². The Labute approximate surface area is 230 Å². The van der Waals surface area contributed by atoms with Crippen LogP contribution in [0.1, 0.15) is 148 Å². The molecule has 30 heavy (non-hydrogen) atoms. The number of aliphatic hydroxyl groups is 1. The standard InChI is InChI=1S/C24H50O4S.K/c1-2-3-4-5-6-7-8-9-10-11-12-13-14-15-16-17-18-19-20-21-22-23-24(25)29(26,27)28;/h24-25H,2-23H2,1H3,(H,26,27,28);/q;+1/p-1. The summed E-state index contributed by atoms with van der Waals surface area (Å²) in [5.41, 5.74) is -1.72. The molecule has 1 unspecified atom stereocenters. The third kappa shape index (κ3) is 25.8. The van der Waals surface area contributed by atoms with Crippen molar-refractivity contribution in [1.82, 2.24) is 0 Å². The Morgan fingerprint density at radius 3 is 1.03 bits per heavy atom. The van der Waals surface area contributed by atoms with Gasteiger partial charge in [-0.2, -0.15) is 0 Å². The Kier molecular flexibility index (Phi) is 28.2. The molecule has 0 aromatic rings. The molecule has 0 aromatic heterocycles. The van der Waals surface area contributed by atoms with E-state index in [9.17, 15) is 13.0 Å². The number of rotatable bonds is 23. The van der Waals surface area contributed by atoms with Crippen molar-refractivity contribution in [3.8, 4) is 0 Å². The van der Waals surface area contributed by atoms with Gasteiger partial charge in [-0.25, -0.2) is 8.42 Å². The van der Waals surface area contributed by atoms with E-state index in [0.717, 1.165) is 12.8 Å². The molecule has 0 spiro atoms. The van der Waals surface area contributed by atoms with E-state index in [0.29, 0.717) is 6.42 Å². The Hall–Kier alpha value is 1.51. The quantitative estimate of drug-likeness (QED) is 0.135. The smallest absolute Gasteiger partial charge is 0.746 e. The third-order valence-electron chi connectivity index (χ3n) is 5.89. The molecule has 0 radical (unpaired) electrons. The molecular weight excluding hydrogens is 423 g/mol. The second-order valence-corrected chi connectivity index (χ2v) is 10.3. The van der Waals surface area contributed by atoms with Gasteiger partial charge in [0, 0.05) is 0 Å². The molecule has 0 aliphatic heterocycles. The van der Waals surface area contributed by atoms with Crippen LogP contribution in [0.3, 0.4) is 0 Å². The summed E-state index contributed by atoms with van der Waals surface area (Å²) in [6.07, 6.45) is 27.4. The van der Waals surface area contributed by atoms with Gasteiger partial charge in [0.05, 0.1) is 0 Å². The maximum atomic E-state index is 10.6. The predicted molar refractivity (Wildman–Crippen MR) is 123 cm³/mol. The molecule has 0 aromatic carbocycles. The second kappa shape index (κ2) is 25.1. The summed E-state index contributed by atoms with van der Waals surface area (Å²) >= 11 is 0. The fourth-order valence-electron chi connectivity index (χ4n) is 3.90. The summed E-state index contributed by atoms with van der Waals surface area (Å²) in [6.45, 7) is 2.28. The zero-order chi connectivity index (χ0) is 21.6. The zero-order valence-corrected chi connectivity index (χ0v) is 24.2. The second-order valence-electron chi connectivity index (χ2n) is 8.81. The van der Waals surface area contributed by atoms with Crippen molar-refractivity contribution in [2.24, 2.45) is 0 Å². The van der Waals surface area contributed by atoms with Crippen molar-refractivity contribution in [3.63, 3.8) is 0 Å². The molecule has 0 saturated heterocycles. The van der Waals surface area contributed by atoms with Gasteiger partial charge in [0.15, 0.2) is 0 Å². The van der Waals surface area contributed by atoms with E-state index in [1.807, 2.05) is 0 Å². The van der Waals surface area contributed by atoms with Gasteiger partial charge in [-0.05, 0) is 12.8 Å². The van der Waals surface area contributed by atoms with Crippen molar-refractivity contribution in [2.75, 3.05) is 0 Å². The van der Waals surface area contributed by atoms with Gasteiger partial charge in [-0.15, -0.1) is 0 Å². The molecule has 0 aliphatic rings. The summed E-state index contributed by atoms with van der Waals surface area (Å²) < 4.78 is 31.7. The Morgan fingerprint density at radius 2 is 0.800 bits per heavy atom. The van der Waals surface area contributed by atoms with Crippen LogP contribution < -0.4 is 51.4 Å². The van der Waals surface area contributed by atoms with E-state index < -0.39 is 15.6 Å². The molecule has 1 N–H and O–H groups in total. The summed E-state index contributed by atoms with van der Waals surface area (Å²) in [5.74, 6) is 0. The van der Waals surface area contributed by atoms with E-state index in [4.69, 9.17) is 5.11 Å². The molecular formula is C24H49KO4S. The third-order valence-corrected chi connectivity index (χ3v) is 6.79. The Bertz CT molecular complexity index is 429. The summed E-state index contributed by atoms with van der Waals surface area (Å²) in [6, 6.07) is 0. The maximum Gasteiger partial charge on any atom is 1.00 e. The number of unbranched alkanes of at least 4 members (excludes halogenated alkanes) is 20. The van der Waals surface area contributed by atoms with Crippen molar-refractivity contribution >= 4 is 10.1 Å². The molecule has 176 valence electrons. The molecule has 0 amide bonds. The van der Waals surface area contributed by atoms with Crippen LogP contribution >= 0.6 is 0 Å². The van der Waals surface area contributed by atoms with Gasteiger partial charge in [-0.3, -0.25) is 0 Å². The van der Waals surface area contributed by atoms with Crippen LogP contribution in [0.5, 0.6) is 0 Å². The summed E-state index contributed by atoms with van der Waals surface area (Å²) in [5, 5.41) is 9.14. The van der Waals surface area contributed by atoms with Crippen LogP contribution in [0.2, 0.25) is 0 Å². The number of hydrogen-bond acceptors (Lipinski definition) is 4. The van der Waals surface area contributed by atoms with Gasteiger partial charge >= 0.3 is 51.4 Å². The first-order chi connectivity index (χ1) is 14.0. The first-order valence-electron chi connectivity index (χ1n) is 12.6. The molecule has 0 saturated carbocycles. The van der Waals surface area contributed by atoms with Crippen LogP contribution in [0.15, 0.2) is 0 Å².